The molecule has 0 saturated carbocycles. The Morgan fingerprint density at radius 1 is 1.44 bits per heavy atom. The molecule has 4 nitrogen and oxygen atoms in total. The monoisotopic (exact) mass is 306 g/mol. The molecular formula is C13H11BrN2O2. The summed E-state index contributed by atoms with van der Waals surface area (Å²) < 4.78 is 7.47. The molecule has 2 heterocycles. The van der Waals surface area contributed by atoms with E-state index in [9.17, 15) is 4.79 Å². The average Bonchev–Trinajstić information content (AvgIpc) is 2.71. The van der Waals surface area contributed by atoms with Crippen LogP contribution >= 0.6 is 15.9 Å². The van der Waals surface area contributed by atoms with Gasteiger partial charge in [0.2, 0.25) is 5.71 Å². The van der Waals surface area contributed by atoms with Crippen LogP contribution in [0.15, 0.2) is 38.2 Å². The van der Waals surface area contributed by atoms with E-state index < -0.39 is 0 Å². The molecule has 0 unspecified atom stereocenters. The fraction of sp³-hybridized carbons (Fsp3) is 0.231. The molecule has 0 fully saturated rings. The zero-order chi connectivity index (χ0) is 12.7. The number of allylic oxidation sites excluding steroid dienone is 4. The molecular weight excluding hydrogens is 296 g/mol. The Kier molecular flexibility index (Phi) is 2.70. The summed E-state index contributed by atoms with van der Waals surface area (Å²) in [6.45, 7) is 1.81. The molecule has 1 aliphatic carbocycles. The minimum Gasteiger partial charge on any atom is -0.431 e. The number of halogens is 1. The van der Waals surface area contributed by atoms with Gasteiger partial charge in [-0.25, -0.2) is 0 Å². The maximum atomic E-state index is 12.4. The van der Waals surface area contributed by atoms with Gasteiger partial charge in [0.1, 0.15) is 11.2 Å². The van der Waals surface area contributed by atoms with E-state index in [-0.39, 0.29) is 5.56 Å². The number of fused-ring (bicyclic) bond motifs is 1. The van der Waals surface area contributed by atoms with Gasteiger partial charge in [0.25, 0.3) is 5.56 Å². The smallest absolute Gasteiger partial charge is 0.269 e. The number of furan rings is 1. The van der Waals surface area contributed by atoms with Gasteiger partial charge >= 0.3 is 0 Å². The van der Waals surface area contributed by atoms with Crippen molar-refractivity contribution in [1.29, 1.82) is 0 Å². The van der Waals surface area contributed by atoms with Crippen LogP contribution < -0.4 is 5.56 Å². The van der Waals surface area contributed by atoms with Crippen LogP contribution in [0.4, 0.5) is 0 Å². The standard InChI is InChI=1S/C13H11BrN2O2/c1-8-15-12-10(7-11(14)18-12)13(17)16(8)9-5-3-2-4-6-9/h3,5-7H,2,4H2,1H3. The summed E-state index contributed by atoms with van der Waals surface area (Å²) in [6.07, 6.45) is 8.04. The van der Waals surface area contributed by atoms with E-state index in [4.69, 9.17) is 4.42 Å². The molecule has 5 heteroatoms. The second-order valence-electron chi connectivity index (χ2n) is 4.18. The predicted octanol–water partition coefficient (Wildman–Crippen LogP) is 3.25. The molecule has 0 aromatic carbocycles. The summed E-state index contributed by atoms with van der Waals surface area (Å²) in [5.41, 5.74) is 1.17. The van der Waals surface area contributed by atoms with Crippen LogP contribution in [-0.4, -0.2) is 9.55 Å². The van der Waals surface area contributed by atoms with E-state index in [1.54, 1.807) is 17.6 Å². The van der Waals surface area contributed by atoms with Gasteiger partial charge in [0.15, 0.2) is 4.67 Å². The van der Waals surface area contributed by atoms with Crippen LogP contribution in [0.3, 0.4) is 0 Å². The van der Waals surface area contributed by atoms with Crippen LogP contribution in [0.1, 0.15) is 18.7 Å². The second kappa shape index (κ2) is 4.24. The van der Waals surface area contributed by atoms with Crippen molar-refractivity contribution in [3.05, 3.63) is 45.1 Å². The number of rotatable bonds is 1. The number of aromatic nitrogens is 2. The van der Waals surface area contributed by atoms with Gasteiger partial charge in [-0.2, -0.15) is 4.98 Å². The molecule has 2 aromatic heterocycles. The van der Waals surface area contributed by atoms with Crippen molar-refractivity contribution in [1.82, 2.24) is 9.55 Å². The van der Waals surface area contributed by atoms with Gasteiger partial charge in [0, 0.05) is 11.8 Å². The number of hydrogen-bond donors (Lipinski definition) is 0. The van der Waals surface area contributed by atoms with Crippen LogP contribution in [0.2, 0.25) is 0 Å². The molecule has 0 N–H and O–H groups in total. The summed E-state index contributed by atoms with van der Waals surface area (Å²) in [7, 11) is 0. The third kappa shape index (κ3) is 1.75. The van der Waals surface area contributed by atoms with Crippen molar-refractivity contribution in [2.45, 2.75) is 19.8 Å². The molecule has 0 saturated heterocycles. The van der Waals surface area contributed by atoms with Crippen LogP contribution in [0.5, 0.6) is 0 Å². The van der Waals surface area contributed by atoms with Gasteiger partial charge in [-0.3, -0.25) is 9.36 Å². The molecule has 3 rings (SSSR count). The lowest BCUT2D eigenvalue weighted by Gasteiger charge is -2.12. The zero-order valence-corrected chi connectivity index (χ0v) is 11.4. The van der Waals surface area contributed by atoms with Crippen molar-refractivity contribution in [2.75, 3.05) is 0 Å². The van der Waals surface area contributed by atoms with Crippen molar-refractivity contribution in [2.24, 2.45) is 0 Å². The minimum atomic E-state index is -0.0928. The lowest BCUT2D eigenvalue weighted by atomic mass is 10.1. The third-order valence-corrected chi connectivity index (χ3v) is 3.33. The Morgan fingerprint density at radius 3 is 3.00 bits per heavy atom. The Balaban J connectivity index is 2.32. The molecule has 0 radical (unpaired) electrons. The summed E-state index contributed by atoms with van der Waals surface area (Å²) >= 11 is 3.22. The van der Waals surface area contributed by atoms with Crippen molar-refractivity contribution in [3.63, 3.8) is 0 Å². The van der Waals surface area contributed by atoms with E-state index in [1.807, 2.05) is 6.08 Å². The Morgan fingerprint density at radius 2 is 2.28 bits per heavy atom. The first-order valence-corrected chi connectivity index (χ1v) is 6.52. The highest BCUT2D eigenvalue weighted by Crippen LogP contribution is 2.21. The second-order valence-corrected chi connectivity index (χ2v) is 4.96. The molecule has 0 aliphatic heterocycles. The Labute approximate surface area is 112 Å². The zero-order valence-electron chi connectivity index (χ0n) is 9.81. The quantitative estimate of drug-likeness (QED) is 0.812. The van der Waals surface area contributed by atoms with E-state index in [1.165, 1.54) is 0 Å². The van der Waals surface area contributed by atoms with Gasteiger partial charge in [-0.15, -0.1) is 0 Å². The lowest BCUT2D eigenvalue weighted by molar-refractivity contribution is 0.572. The highest BCUT2D eigenvalue weighted by atomic mass is 79.9. The molecule has 0 bridgehead atoms. The summed E-state index contributed by atoms with van der Waals surface area (Å²) in [4.78, 5) is 16.8. The predicted molar refractivity (Wildman–Crippen MR) is 73.4 cm³/mol. The number of aryl methyl sites for hydroxylation is 1. The fourth-order valence-electron chi connectivity index (χ4n) is 2.12. The highest BCUT2D eigenvalue weighted by molar-refractivity contribution is 9.10. The highest BCUT2D eigenvalue weighted by Gasteiger charge is 2.14. The number of hydrogen-bond acceptors (Lipinski definition) is 3. The van der Waals surface area contributed by atoms with Gasteiger partial charge in [0.05, 0.1) is 0 Å². The first kappa shape index (κ1) is 11.5. The summed E-state index contributed by atoms with van der Waals surface area (Å²) in [5, 5.41) is 0.493. The number of nitrogens with zero attached hydrogens (tertiary/aromatic N) is 2. The van der Waals surface area contributed by atoms with Gasteiger partial charge < -0.3 is 4.42 Å². The van der Waals surface area contributed by atoms with E-state index in [0.717, 1.165) is 18.5 Å². The first-order valence-electron chi connectivity index (χ1n) is 5.72. The SMILES string of the molecule is Cc1nc2oc(Br)cc2c(=O)n1C1=CCCC=C1. The van der Waals surface area contributed by atoms with Crippen LogP contribution in [-0.2, 0) is 0 Å². The van der Waals surface area contributed by atoms with Crippen molar-refractivity contribution in [3.8, 4) is 0 Å². The summed E-state index contributed by atoms with van der Waals surface area (Å²) in [5.74, 6) is 0.632. The summed E-state index contributed by atoms with van der Waals surface area (Å²) in [6, 6.07) is 1.66. The molecule has 2 aromatic rings. The van der Waals surface area contributed by atoms with Crippen LogP contribution in [0.25, 0.3) is 16.8 Å². The molecule has 92 valence electrons. The van der Waals surface area contributed by atoms with Crippen molar-refractivity contribution < 1.29 is 4.42 Å². The molecule has 18 heavy (non-hydrogen) atoms. The third-order valence-electron chi connectivity index (χ3n) is 2.94. The van der Waals surface area contributed by atoms with Crippen LogP contribution in [0, 0.1) is 6.92 Å². The van der Waals surface area contributed by atoms with Gasteiger partial charge in [-0.1, -0.05) is 12.2 Å². The molecule has 0 atom stereocenters. The van der Waals surface area contributed by atoms with E-state index in [2.05, 4.69) is 33.1 Å². The average molecular weight is 307 g/mol. The lowest BCUT2D eigenvalue weighted by Crippen LogP contribution is -2.22. The maximum Gasteiger partial charge on any atom is 0.269 e. The molecule has 1 aliphatic rings. The molecule has 0 amide bonds. The first-order chi connectivity index (χ1) is 8.66. The van der Waals surface area contributed by atoms with E-state index in [0.29, 0.717) is 21.6 Å². The molecule has 0 spiro atoms. The Hall–Kier alpha value is -1.62. The van der Waals surface area contributed by atoms with Crippen molar-refractivity contribution >= 4 is 32.7 Å². The van der Waals surface area contributed by atoms with Gasteiger partial charge in [-0.05, 0) is 41.8 Å². The topological polar surface area (TPSA) is 48.0 Å². The largest absolute Gasteiger partial charge is 0.431 e. The maximum absolute atomic E-state index is 12.4. The minimum absolute atomic E-state index is 0.0928. The normalized spacial score (nSPS) is 15.1. The fourth-order valence-corrected chi connectivity index (χ4v) is 2.50. The Bertz CT molecular complexity index is 737. The van der Waals surface area contributed by atoms with E-state index >= 15 is 0 Å².